The van der Waals surface area contributed by atoms with Gasteiger partial charge in [-0.25, -0.2) is 11.1 Å². The maximum Gasteiger partial charge on any atom is 2.00 e. The van der Waals surface area contributed by atoms with Crippen LogP contribution >= 0.6 is 0 Å². The molecule has 1 atom stereocenters. The summed E-state index contributed by atoms with van der Waals surface area (Å²) < 4.78 is 15.7. The van der Waals surface area contributed by atoms with Crippen molar-refractivity contribution >= 4 is 71.8 Å². The first-order chi connectivity index (χ1) is 32.1. The molecule has 12 aromatic rings. The van der Waals surface area contributed by atoms with Gasteiger partial charge >= 0.3 is 31.1 Å². The molecule has 13 rings (SSSR count). The van der Waals surface area contributed by atoms with Crippen LogP contribution in [0.4, 0.5) is 11.4 Å². The van der Waals surface area contributed by atoms with E-state index in [9.17, 15) is 0 Å². The van der Waals surface area contributed by atoms with E-state index in [4.69, 9.17) is 8.83 Å². The molecule has 0 saturated carbocycles. The second-order valence-corrected chi connectivity index (χ2v) is 17.2. The molecule has 5 heteroatoms. The molecule has 3 heterocycles. The molecule has 4 nitrogen and oxygen atoms in total. The number of benzene rings is 9. The number of allylic oxidation sites excluding steroid dienone is 1. The summed E-state index contributed by atoms with van der Waals surface area (Å²) in [5.41, 5.74) is 16.8. The molecule has 0 N–H and O–H groups in total. The van der Waals surface area contributed by atoms with Gasteiger partial charge in [-0.1, -0.05) is 110 Å². The van der Waals surface area contributed by atoms with E-state index in [0.717, 1.165) is 107 Å². The number of hydrogen-bond acceptors (Lipinski definition) is 3. The van der Waals surface area contributed by atoms with Crippen molar-refractivity contribution < 1.29 is 39.9 Å². The Morgan fingerprint density at radius 3 is 2.08 bits per heavy atom. The van der Waals surface area contributed by atoms with E-state index >= 15 is 0 Å². The first-order valence-electron chi connectivity index (χ1n) is 22.3. The third-order valence-electron chi connectivity index (χ3n) is 13.1. The second kappa shape index (κ2) is 16.3. The van der Waals surface area contributed by atoms with Crippen LogP contribution in [0.15, 0.2) is 215 Å². The Kier molecular flexibility index (Phi) is 9.94. The summed E-state index contributed by atoms with van der Waals surface area (Å²) in [7, 11) is 0. The maximum absolute atomic E-state index is 6.82. The largest absolute Gasteiger partial charge is 2.00 e. The van der Waals surface area contributed by atoms with Gasteiger partial charge in [0.2, 0.25) is 0 Å². The minimum atomic E-state index is 0. The second-order valence-electron chi connectivity index (χ2n) is 17.2. The molecular formula is C61H40N2O2U. The molecule has 9 aromatic carbocycles. The fourth-order valence-electron chi connectivity index (χ4n) is 10.1. The van der Waals surface area contributed by atoms with Crippen molar-refractivity contribution in [1.82, 2.24) is 4.57 Å². The standard InChI is InChI=1S/C61H40N2O2.U/c1-39-34-56(60-53-38-44(29-33-58(53)64-59(60)35-39)43-28-32-55-52(37-43)49-20-8-10-24-54(49)63(55)45-17-6-3-7-18-45)62(47-19-12-16-42(36-47)40-14-4-2-5-15-40)46-30-26-41(27-31-46)48-22-13-23-51-50-21-9-11-25-57(50)65-61(48)51;/h2-14,16-34,37-39H,35H2,1H3;/q-2;+2. The summed E-state index contributed by atoms with van der Waals surface area (Å²) in [6.45, 7) is 2.27. The summed E-state index contributed by atoms with van der Waals surface area (Å²) in [6, 6.07) is 78.2. The van der Waals surface area contributed by atoms with Gasteiger partial charge in [-0.05, 0) is 89.0 Å². The van der Waals surface area contributed by atoms with Crippen molar-refractivity contribution in [1.29, 1.82) is 0 Å². The van der Waals surface area contributed by atoms with E-state index in [1.807, 2.05) is 24.3 Å². The minimum absolute atomic E-state index is 0. The molecule has 1 aliphatic carbocycles. The van der Waals surface area contributed by atoms with Crippen molar-refractivity contribution in [2.24, 2.45) is 5.92 Å². The number of para-hydroxylation sites is 4. The number of aromatic nitrogens is 1. The van der Waals surface area contributed by atoms with Crippen LogP contribution in [-0.2, 0) is 6.42 Å². The SMILES string of the molecule is CC1C=C(N(c2[c-]c(-c3[c-]cccc3)ccc2)c2ccc(-c3cccc4c3oc3ccccc34)cc2)c2c(oc3ccc(-c4ccc5c(c4)c4ccccc4n5-c4ccccc4)cc23)C1.[U+2]. The fourth-order valence-corrected chi connectivity index (χ4v) is 10.1. The topological polar surface area (TPSA) is 34.5 Å². The van der Waals surface area contributed by atoms with Crippen LogP contribution in [0.25, 0.3) is 99.5 Å². The minimum Gasteiger partial charge on any atom is -0.460 e. The zero-order chi connectivity index (χ0) is 43.0. The predicted octanol–water partition coefficient (Wildman–Crippen LogP) is 16.4. The van der Waals surface area contributed by atoms with Crippen molar-refractivity contribution in [2.45, 2.75) is 13.3 Å². The van der Waals surface area contributed by atoms with Crippen LogP contribution in [0.2, 0.25) is 0 Å². The van der Waals surface area contributed by atoms with Crippen LogP contribution in [0.5, 0.6) is 0 Å². The molecule has 1 unspecified atom stereocenters. The van der Waals surface area contributed by atoms with Gasteiger partial charge in [-0.2, -0.15) is 42.5 Å². The average Bonchev–Trinajstić information content (AvgIpc) is 4.04. The normalized spacial score (nSPS) is 13.6. The number of rotatable bonds is 7. The Hall–Kier alpha value is -7.29. The van der Waals surface area contributed by atoms with Crippen molar-refractivity contribution in [2.75, 3.05) is 4.90 Å². The van der Waals surface area contributed by atoms with Gasteiger partial charge < -0.3 is 18.3 Å². The van der Waals surface area contributed by atoms with Gasteiger partial charge in [0, 0.05) is 55.9 Å². The molecule has 0 saturated heterocycles. The zero-order valence-corrected chi connectivity index (χ0v) is 40.3. The smallest absolute Gasteiger partial charge is 0.460 e. The number of furan rings is 2. The van der Waals surface area contributed by atoms with Crippen molar-refractivity contribution in [3.05, 3.63) is 230 Å². The van der Waals surface area contributed by atoms with Gasteiger partial charge in [0.15, 0.2) is 0 Å². The van der Waals surface area contributed by atoms with Gasteiger partial charge in [0.1, 0.15) is 22.5 Å². The van der Waals surface area contributed by atoms with E-state index < -0.39 is 0 Å². The monoisotopic (exact) mass is 1070 g/mol. The molecule has 0 spiro atoms. The van der Waals surface area contributed by atoms with Gasteiger partial charge in [-0.15, -0.1) is 12.1 Å². The summed E-state index contributed by atoms with van der Waals surface area (Å²) in [6.07, 6.45) is 3.22. The molecule has 1 aliphatic rings. The van der Waals surface area contributed by atoms with Crippen molar-refractivity contribution in [3.63, 3.8) is 0 Å². The van der Waals surface area contributed by atoms with Gasteiger partial charge in [0.05, 0.1) is 16.7 Å². The first-order valence-corrected chi connectivity index (χ1v) is 22.3. The van der Waals surface area contributed by atoms with E-state index in [0.29, 0.717) is 0 Å². The molecular weight excluding hydrogens is 1030 g/mol. The Balaban J connectivity index is 0.00000456. The first kappa shape index (κ1) is 40.2. The van der Waals surface area contributed by atoms with Crippen LogP contribution in [-0.4, -0.2) is 4.57 Å². The van der Waals surface area contributed by atoms with E-state index in [1.54, 1.807) is 0 Å². The summed E-state index contributed by atoms with van der Waals surface area (Å²) >= 11 is 0. The quantitative estimate of drug-likeness (QED) is 0.149. The fraction of sp³-hybridized carbons (Fsp3) is 0.0492. The van der Waals surface area contributed by atoms with Crippen molar-refractivity contribution in [3.8, 4) is 39.1 Å². The van der Waals surface area contributed by atoms with Gasteiger partial charge in [0.25, 0.3) is 0 Å². The Morgan fingerprint density at radius 1 is 0.545 bits per heavy atom. The molecule has 66 heavy (non-hydrogen) atoms. The van der Waals surface area contributed by atoms with Crippen LogP contribution in [0.3, 0.4) is 0 Å². The Morgan fingerprint density at radius 2 is 1.23 bits per heavy atom. The van der Waals surface area contributed by atoms with E-state index in [2.05, 4.69) is 211 Å². The summed E-state index contributed by atoms with van der Waals surface area (Å²) in [5, 5.41) is 5.79. The molecule has 3 aromatic heterocycles. The third kappa shape index (κ3) is 6.65. The zero-order valence-electron chi connectivity index (χ0n) is 36.1. The molecule has 0 fully saturated rings. The van der Waals surface area contributed by atoms with E-state index in [-0.39, 0.29) is 37.0 Å². The predicted molar refractivity (Wildman–Crippen MR) is 268 cm³/mol. The molecule has 0 bridgehead atoms. The van der Waals surface area contributed by atoms with Crippen LogP contribution in [0.1, 0.15) is 18.2 Å². The molecule has 0 aliphatic heterocycles. The summed E-state index contributed by atoms with van der Waals surface area (Å²) in [5.74, 6) is 1.23. The Bertz CT molecular complexity index is 3820. The maximum atomic E-state index is 6.82. The number of fused-ring (bicyclic) bond motifs is 9. The molecule has 0 radical (unpaired) electrons. The average molecular weight is 1070 g/mol. The molecule has 0 amide bonds. The number of nitrogens with zero attached hydrogens (tertiary/aromatic N) is 2. The van der Waals surface area contributed by atoms with Gasteiger partial charge in [-0.3, -0.25) is 0 Å². The van der Waals surface area contributed by atoms with Crippen LogP contribution in [0, 0.1) is 49.2 Å². The third-order valence-corrected chi connectivity index (χ3v) is 13.1. The molecule has 310 valence electrons. The van der Waals surface area contributed by atoms with E-state index in [1.165, 1.54) is 21.8 Å². The number of anilines is 2. The summed E-state index contributed by atoms with van der Waals surface area (Å²) in [4.78, 5) is 2.36. The number of hydrogen-bond donors (Lipinski definition) is 0. The van der Waals surface area contributed by atoms with Crippen LogP contribution < -0.4 is 4.90 Å². The Labute approximate surface area is 406 Å².